The Balaban J connectivity index is 2.98. The maximum Gasteiger partial charge on any atom is 0.127 e. The Bertz CT molecular complexity index is 391. The number of rotatable bonds is 5. The predicted octanol–water partition coefficient (Wildman–Crippen LogP) is 3.76. The van der Waals surface area contributed by atoms with Crippen molar-refractivity contribution < 1.29 is 4.74 Å². The predicted molar refractivity (Wildman–Crippen MR) is 75.2 cm³/mol. The van der Waals surface area contributed by atoms with E-state index in [0.717, 1.165) is 32.4 Å². The van der Waals surface area contributed by atoms with Crippen molar-refractivity contribution in [2.75, 3.05) is 13.7 Å². The van der Waals surface area contributed by atoms with Gasteiger partial charge in [0.05, 0.1) is 0 Å². The fraction of sp³-hybridized carbons (Fsp3) is 0.333. The molecule has 2 nitrogen and oxygen atoms in total. The van der Waals surface area contributed by atoms with Gasteiger partial charge in [0, 0.05) is 21.1 Å². The number of aryl methyl sites for hydroxylation is 1. The fourth-order valence-corrected chi connectivity index (χ4v) is 2.21. The highest BCUT2D eigenvalue weighted by molar-refractivity contribution is 9.11. The van der Waals surface area contributed by atoms with Crippen LogP contribution in [0.25, 0.3) is 0 Å². The number of hydrogen-bond donors (Lipinski definition) is 1. The normalized spacial score (nSPS) is 10.2. The first-order valence-corrected chi connectivity index (χ1v) is 6.53. The summed E-state index contributed by atoms with van der Waals surface area (Å²) in [5.74, 6) is 0.929. The Hall–Kier alpha value is -0.320. The third-order valence-corrected chi connectivity index (χ3v) is 2.74. The van der Waals surface area contributed by atoms with E-state index in [9.17, 15) is 0 Å². The molecule has 4 heteroatoms. The molecular weight excluding hydrogens is 334 g/mol. The number of benzene rings is 1. The molecule has 88 valence electrons. The zero-order chi connectivity index (χ0) is 12.1. The maximum absolute atomic E-state index is 5.73. The molecular formula is C12H15Br2NO. The van der Waals surface area contributed by atoms with Crippen LogP contribution in [0.2, 0.25) is 0 Å². The lowest BCUT2D eigenvalue weighted by molar-refractivity contribution is 0.353. The largest absolute Gasteiger partial charge is 0.488 e. The van der Waals surface area contributed by atoms with E-state index in [2.05, 4.69) is 49.8 Å². The lowest BCUT2D eigenvalue weighted by Gasteiger charge is -2.14. The summed E-state index contributed by atoms with van der Waals surface area (Å²) in [5, 5.41) is 3.13. The minimum absolute atomic E-state index is 0.485. The molecule has 1 rings (SSSR count). The van der Waals surface area contributed by atoms with E-state index in [1.165, 1.54) is 0 Å². The number of ether oxygens (including phenoxy) is 1. The van der Waals surface area contributed by atoms with Gasteiger partial charge in [-0.3, -0.25) is 0 Å². The van der Waals surface area contributed by atoms with E-state index in [0.29, 0.717) is 6.61 Å². The Morgan fingerprint density at radius 2 is 2.19 bits per heavy atom. The van der Waals surface area contributed by atoms with Gasteiger partial charge >= 0.3 is 0 Å². The Kier molecular flexibility index (Phi) is 5.52. The monoisotopic (exact) mass is 347 g/mol. The summed E-state index contributed by atoms with van der Waals surface area (Å²) >= 11 is 6.78. The number of halogens is 2. The van der Waals surface area contributed by atoms with E-state index in [4.69, 9.17) is 4.74 Å². The van der Waals surface area contributed by atoms with Crippen LogP contribution < -0.4 is 10.1 Å². The molecule has 0 aliphatic rings. The first kappa shape index (κ1) is 13.7. The molecule has 0 spiro atoms. The van der Waals surface area contributed by atoms with Crippen LogP contribution in [0.5, 0.6) is 5.75 Å². The molecule has 0 unspecified atom stereocenters. The molecule has 16 heavy (non-hydrogen) atoms. The molecule has 1 aromatic rings. The molecule has 0 bridgehead atoms. The van der Waals surface area contributed by atoms with Gasteiger partial charge in [0.2, 0.25) is 0 Å². The van der Waals surface area contributed by atoms with Crippen molar-refractivity contribution >= 4 is 31.9 Å². The highest BCUT2D eigenvalue weighted by Gasteiger charge is 2.08. The van der Waals surface area contributed by atoms with Gasteiger partial charge in [-0.2, -0.15) is 0 Å². The second-order valence-electron chi connectivity index (χ2n) is 3.55. The van der Waals surface area contributed by atoms with Crippen molar-refractivity contribution in [2.45, 2.75) is 13.5 Å². The summed E-state index contributed by atoms with van der Waals surface area (Å²) in [7, 11) is 1.92. The summed E-state index contributed by atoms with van der Waals surface area (Å²) in [6, 6.07) is 4.11. The van der Waals surface area contributed by atoms with Gasteiger partial charge in [-0.05, 0) is 31.7 Å². The highest BCUT2D eigenvalue weighted by Crippen LogP contribution is 2.28. The quantitative estimate of drug-likeness (QED) is 0.874. The Morgan fingerprint density at radius 3 is 2.75 bits per heavy atom. The average molecular weight is 349 g/mol. The first-order chi connectivity index (χ1) is 7.54. The molecule has 0 fully saturated rings. The van der Waals surface area contributed by atoms with Crippen molar-refractivity contribution in [1.29, 1.82) is 0 Å². The van der Waals surface area contributed by atoms with E-state index in [-0.39, 0.29) is 0 Å². The van der Waals surface area contributed by atoms with Crippen molar-refractivity contribution in [2.24, 2.45) is 0 Å². The summed E-state index contributed by atoms with van der Waals surface area (Å²) in [5.41, 5.74) is 2.26. The van der Waals surface area contributed by atoms with Crippen molar-refractivity contribution in [3.8, 4) is 5.75 Å². The summed E-state index contributed by atoms with van der Waals surface area (Å²) in [4.78, 5) is 0. The van der Waals surface area contributed by atoms with Crippen LogP contribution in [-0.4, -0.2) is 13.7 Å². The van der Waals surface area contributed by atoms with Crippen molar-refractivity contribution in [3.05, 3.63) is 38.8 Å². The lowest BCUT2D eigenvalue weighted by Crippen LogP contribution is -2.09. The molecule has 0 saturated heterocycles. The van der Waals surface area contributed by atoms with Crippen LogP contribution in [0.15, 0.2) is 27.7 Å². The Labute approximate surface area is 113 Å². The summed E-state index contributed by atoms with van der Waals surface area (Å²) in [6.07, 6.45) is 0. The van der Waals surface area contributed by atoms with Gasteiger partial charge in [-0.15, -0.1) is 0 Å². The zero-order valence-electron chi connectivity index (χ0n) is 9.44. The smallest absolute Gasteiger partial charge is 0.127 e. The molecule has 0 atom stereocenters. The zero-order valence-corrected chi connectivity index (χ0v) is 12.6. The Morgan fingerprint density at radius 1 is 1.50 bits per heavy atom. The van der Waals surface area contributed by atoms with Crippen LogP contribution in [0.4, 0.5) is 0 Å². The third-order valence-electron chi connectivity index (χ3n) is 2.06. The van der Waals surface area contributed by atoms with E-state index >= 15 is 0 Å². The third kappa shape index (κ3) is 3.92. The van der Waals surface area contributed by atoms with Crippen LogP contribution in [0.1, 0.15) is 11.1 Å². The van der Waals surface area contributed by atoms with Gasteiger partial charge in [-0.1, -0.05) is 38.4 Å². The second kappa shape index (κ2) is 6.42. The van der Waals surface area contributed by atoms with E-state index in [1.54, 1.807) is 0 Å². The minimum Gasteiger partial charge on any atom is -0.488 e. The molecule has 0 aliphatic heterocycles. The minimum atomic E-state index is 0.485. The molecule has 0 amide bonds. The van der Waals surface area contributed by atoms with Crippen molar-refractivity contribution in [3.63, 3.8) is 0 Å². The lowest BCUT2D eigenvalue weighted by atomic mass is 10.1. The van der Waals surface area contributed by atoms with Gasteiger partial charge in [-0.25, -0.2) is 0 Å². The van der Waals surface area contributed by atoms with Crippen LogP contribution in [0.3, 0.4) is 0 Å². The fourth-order valence-electron chi connectivity index (χ4n) is 1.48. The number of hydrogen-bond acceptors (Lipinski definition) is 2. The molecule has 0 saturated carbocycles. The second-order valence-corrected chi connectivity index (χ2v) is 5.58. The van der Waals surface area contributed by atoms with Crippen LogP contribution in [-0.2, 0) is 6.54 Å². The molecule has 1 aromatic carbocycles. The first-order valence-electron chi connectivity index (χ1n) is 4.94. The average Bonchev–Trinajstić information content (AvgIpc) is 2.16. The van der Waals surface area contributed by atoms with Crippen LogP contribution >= 0.6 is 31.9 Å². The summed E-state index contributed by atoms with van der Waals surface area (Å²) in [6.45, 7) is 7.07. The highest BCUT2D eigenvalue weighted by atomic mass is 79.9. The van der Waals surface area contributed by atoms with Crippen LogP contribution in [0, 0.1) is 6.92 Å². The molecule has 0 aromatic heterocycles. The molecule has 0 radical (unpaired) electrons. The van der Waals surface area contributed by atoms with Crippen molar-refractivity contribution in [1.82, 2.24) is 5.32 Å². The molecule has 0 heterocycles. The molecule has 1 N–H and O–H groups in total. The SMILES string of the molecule is C=C(Br)COc1c(C)cc(Br)cc1CNC. The maximum atomic E-state index is 5.73. The van der Waals surface area contributed by atoms with E-state index in [1.807, 2.05) is 20.0 Å². The van der Waals surface area contributed by atoms with Gasteiger partial charge < -0.3 is 10.1 Å². The molecule has 0 aliphatic carbocycles. The van der Waals surface area contributed by atoms with Gasteiger partial charge in [0.15, 0.2) is 0 Å². The standard InChI is InChI=1S/C12H15Br2NO/c1-8-4-11(14)5-10(6-15-3)12(8)16-7-9(2)13/h4-5,15H,2,6-7H2,1,3H3. The topological polar surface area (TPSA) is 21.3 Å². The van der Waals surface area contributed by atoms with Gasteiger partial charge in [0.25, 0.3) is 0 Å². The number of nitrogens with one attached hydrogen (secondary N) is 1. The summed E-state index contributed by atoms with van der Waals surface area (Å²) < 4.78 is 7.64. The van der Waals surface area contributed by atoms with E-state index < -0.39 is 0 Å². The van der Waals surface area contributed by atoms with Gasteiger partial charge in [0.1, 0.15) is 12.4 Å².